The standard InChI is InChI=1S/C24H24F2N4O2.C24H22F2N4O2.C7H9BrN2O.C7H7BrN2/c2*1-14(2)22-27-11-18(12-28-22)16-6-7-19-20(10-16)30(29(4)23(19)31)13-17-9-15(3)5-8-21(17)32-24(25)26;1-7(2,11)6-9-3-5(8)4-10-6;1-5(2)7-9-3-6(8)4-10-7/h5-12,14,24H,13H2,1-4H3;5-12,24H,1,13H2,2-4H3;3-4,11H,1-2H3;3-4H,1H2,2H3. The van der Waals surface area contributed by atoms with Crippen molar-refractivity contribution in [3.8, 4) is 33.8 Å². The first-order valence-electron chi connectivity index (χ1n) is 26.3. The van der Waals surface area contributed by atoms with Crippen LogP contribution in [0, 0.1) is 13.8 Å². The van der Waals surface area contributed by atoms with Gasteiger partial charge in [-0.1, -0.05) is 74.5 Å². The Labute approximate surface area is 504 Å². The lowest BCUT2D eigenvalue weighted by atomic mass is 10.1. The summed E-state index contributed by atoms with van der Waals surface area (Å²) in [4.78, 5) is 59.0. The van der Waals surface area contributed by atoms with Crippen LogP contribution in [0.15, 0.2) is 154 Å². The molecular weight excluding hydrogens is 1230 g/mol. The number of rotatable bonds is 14. The normalized spacial score (nSPS) is 11.2. The van der Waals surface area contributed by atoms with Crippen molar-refractivity contribution in [2.45, 2.75) is 93.2 Å². The number of aryl methyl sites for hydroxylation is 2. The molecule has 0 amide bonds. The number of ether oxygens (including phenoxy) is 2. The van der Waals surface area contributed by atoms with Gasteiger partial charge >= 0.3 is 13.2 Å². The number of halogens is 6. The lowest BCUT2D eigenvalue weighted by Gasteiger charge is -2.15. The van der Waals surface area contributed by atoms with Gasteiger partial charge in [0.05, 0.1) is 43.8 Å². The molecule has 6 heterocycles. The largest absolute Gasteiger partial charge is 0.434 e. The summed E-state index contributed by atoms with van der Waals surface area (Å²) < 4.78 is 69.2. The highest BCUT2D eigenvalue weighted by Gasteiger charge is 2.20. The van der Waals surface area contributed by atoms with Crippen molar-refractivity contribution < 1.29 is 32.1 Å². The number of nitrogens with zero attached hydrogens (tertiary/aromatic N) is 12. The predicted octanol–water partition coefficient (Wildman–Crippen LogP) is 13.4. The zero-order valence-electron chi connectivity index (χ0n) is 48.3. The topological polar surface area (TPSA) is 196 Å². The van der Waals surface area contributed by atoms with Crippen LogP contribution in [0.4, 0.5) is 17.6 Å². The number of aliphatic hydroxyl groups is 1. The molecule has 0 aliphatic rings. The summed E-state index contributed by atoms with van der Waals surface area (Å²) in [7, 11) is 3.31. The van der Waals surface area contributed by atoms with Gasteiger partial charge in [-0.3, -0.25) is 28.3 Å². The Hall–Kier alpha value is -8.54. The van der Waals surface area contributed by atoms with E-state index in [0.29, 0.717) is 50.4 Å². The summed E-state index contributed by atoms with van der Waals surface area (Å²) in [6.07, 6.45) is 13.6. The highest BCUT2D eigenvalue weighted by Crippen LogP contribution is 2.30. The fourth-order valence-electron chi connectivity index (χ4n) is 8.54. The van der Waals surface area contributed by atoms with Crippen LogP contribution in [0.1, 0.15) is 93.0 Å². The van der Waals surface area contributed by atoms with Crippen LogP contribution in [0.2, 0.25) is 0 Å². The minimum absolute atomic E-state index is 0.0832. The van der Waals surface area contributed by atoms with Crippen molar-refractivity contribution in [2.75, 3.05) is 0 Å². The van der Waals surface area contributed by atoms with E-state index >= 15 is 0 Å². The Morgan fingerprint density at radius 2 is 0.929 bits per heavy atom. The van der Waals surface area contributed by atoms with Gasteiger partial charge in [0.1, 0.15) is 22.9 Å². The molecule has 85 heavy (non-hydrogen) atoms. The molecule has 0 atom stereocenters. The van der Waals surface area contributed by atoms with E-state index in [4.69, 9.17) is 9.47 Å². The highest BCUT2D eigenvalue weighted by molar-refractivity contribution is 9.10. The third-order valence-electron chi connectivity index (χ3n) is 12.9. The Morgan fingerprint density at radius 1 is 0.565 bits per heavy atom. The molecule has 0 radical (unpaired) electrons. The second-order valence-corrected chi connectivity index (χ2v) is 22.4. The van der Waals surface area contributed by atoms with Gasteiger partial charge in [0.25, 0.3) is 11.1 Å². The first-order chi connectivity index (χ1) is 40.2. The van der Waals surface area contributed by atoms with Crippen LogP contribution in [-0.4, -0.2) is 76.9 Å². The second-order valence-electron chi connectivity index (χ2n) is 20.6. The molecule has 0 aliphatic carbocycles. The van der Waals surface area contributed by atoms with Crippen molar-refractivity contribution in [1.82, 2.24) is 58.6 Å². The first kappa shape index (κ1) is 64.0. The van der Waals surface area contributed by atoms with Gasteiger partial charge in [-0.2, -0.15) is 17.6 Å². The average molecular weight is 1290 g/mol. The van der Waals surface area contributed by atoms with E-state index in [1.807, 2.05) is 65.8 Å². The van der Waals surface area contributed by atoms with E-state index in [0.717, 1.165) is 59.3 Å². The molecule has 0 unspecified atom stereocenters. The van der Waals surface area contributed by atoms with Gasteiger partial charge in [-0.15, -0.1) is 0 Å². The smallest absolute Gasteiger partial charge is 0.387 e. The number of benzene rings is 4. The quantitative estimate of drug-likeness (QED) is 0.101. The zero-order chi connectivity index (χ0) is 62.0. The molecule has 0 aliphatic heterocycles. The summed E-state index contributed by atoms with van der Waals surface area (Å²) in [5.41, 5.74) is 7.95. The fourth-order valence-corrected chi connectivity index (χ4v) is 8.95. The molecule has 0 bridgehead atoms. The van der Waals surface area contributed by atoms with Crippen LogP contribution in [0.5, 0.6) is 11.5 Å². The number of fused-ring (bicyclic) bond motifs is 2. The Morgan fingerprint density at radius 3 is 1.28 bits per heavy atom. The third kappa shape index (κ3) is 16.4. The lowest BCUT2D eigenvalue weighted by Crippen LogP contribution is -2.20. The molecule has 0 saturated heterocycles. The molecule has 23 heteroatoms. The summed E-state index contributed by atoms with van der Waals surface area (Å²) in [5, 5.41) is 10.5. The summed E-state index contributed by atoms with van der Waals surface area (Å²) >= 11 is 6.45. The second kappa shape index (κ2) is 27.9. The van der Waals surface area contributed by atoms with E-state index in [1.54, 1.807) is 123 Å². The molecule has 10 rings (SSSR count). The number of hydrogen-bond donors (Lipinski definition) is 1. The van der Waals surface area contributed by atoms with Crippen LogP contribution in [0.25, 0.3) is 55.2 Å². The maximum Gasteiger partial charge on any atom is 0.387 e. The summed E-state index contributed by atoms with van der Waals surface area (Å²) in [6, 6.07) is 21.0. The average Bonchev–Trinajstić information content (AvgIpc) is 4.12. The van der Waals surface area contributed by atoms with Crippen LogP contribution >= 0.6 is 31.9 Å². The monoisotopic (exact) mass is 1290 g/mol. The number of alkyl halides is 4. The summed E-state index contributed by atoms with van der Waals surface area (Å²) in [6.45, 7) is 16.9. The van der Waals surface area contributed by atoms with E-state index in [-0.39, 0.29) is 41.6 Å². The Balaban J connectivity index is 0.000000182. The maximum absolute atomic E-state index is 12.9. The van der Waals surface area contributed by atoms with Crippen LogP contribution < -0.4 is 20.6 Å². The van der Waals surface area contributed by atoms with E-state index in [9.17, 15) is 32.3 Å². The van der Waals surface area contributed by atoms with Crippen molar-refractivity contribution in [3.05, 3.63) is 211 Å². The van der Waals surface area contributed by atoms with E-state index < -0.39 is 18.8 Å². The SMILES string of the molecule is C=C(C)c1ncc(-c2ccc3c(=O)n(C)n(Cc4cc(C)ccc4OC(F)F)c3c2)cn1.C=C(C)c1ncc(Br)cn1.CC(C)(O)c1ncc(Br)cn1.Cc1ccc(OC(F)F)c(Cn2c3cc(-c4cnc(C(C)C)nc4)ccc3c(=O)n2C)c1. The van der Waals surface area contributed by atoms with Gasteiger partial charge in [0.2, 0.25) is 0 Å². The summed E-state index contributed by atoms with van der Waals surface area (Å²) in [5.74, 6) is 2.86. The highest BCUT2D eigenvalue weighted by atomic mass is 79.9. The molecule has 4 aromatic carbocycles. The number of aromatic nitrogens is 12. The zero-order valence-corrected chi connectivity index (χ0v) is 51.5. The van der Waals surface area contributed by atoms with Gasteiger partial charge in [0, 0.05) is 91.8 Å². The maximum atomic E-state index is 12.9. The lowest BCUT2D eigenvalue weighted by molar-refractivity contribution is -0.0511. The van der Waals surface area contributed by atoms with Gasteiger partial charge in [-0.25, -0.2) is 39.9 Å². The molecule has 10 aromatic rings. The predicted molar refractivity (Wildman–Crippen MR) is 328 cm³/mol. The molecule has 0 spiro atoms. The van der Waals surface area contributed by atoms with E-state index in [2.05, 4.69) is 84.9 Å². The van der Waals surface area contributed by atoms with Crippen molar-refractivity contribution >= 4 is 64.8 Å². The van der Waals surface area contributed by atoms with Crippen molar-refractivity contribution in [1.29, 1.82) is 0 Å². The van der Waals surface area contributed by atoms with Crippen LogP contribution in [0.3, 0.4) is 0 Å². The fraction of sp³-hybridized carbons (Fsp3) is 0.258. The first-order valence-corrected chi connectivity index (χ1v) is 27.9. The minimum atomic E-state index is -2.93. The van der Waals surface area contributed by atoms with E-state index in [1.165, 1.54) is 21.5 Å². The van der Waals surface area contributed by atoms with Gasteiger partial charge < -0.3 is 14.6 Å². The Kier molecular flexibility index (Phi) is 21.0. The molecule has 0 saturated carbocycles. The van der Waals surface area contributed by atoms with Crippen molar-refractivity contribution in [3.63, 3.8) is 0 Å². The molecule has 1 N–H and O–H groups in total. The molecule has 0 fully saturated rings. The van der Waals surface area contributed by atoms with Crippen molar-refractivity contribution in [2.24, 2.45) is 14.1 Å². The number of hydrogen-bond acceptors (Lipinski definition) is 13. The van der Waals surface area contributed by atoms with Gasteiger partial charge in [-0.05, 0) is 132 Å². The third-order valence-corrected chi connectivity index (χ3v) is 13.7. The molecule has 17 nitrogen and oxygen atoms in total. The Bertz CT molecular complexity index is 4110. The number of allylic oxidation sites excluding steroid dienone is 2. The molecule has 442 valence electrons. The minimum Gasteiger partial charge on any atom is -0.434 e. The van der Waals surface area contributed by atoms with Gasteiger partial charge in [0.15, 0.2) is 17.5 Å². The molecular formula is C62H62Br2F4N12O5. The molecule has 6 aromatic heterocycles. The van der Waals surface area contributed by atoms with Crippen LogP contribution in [-0.2, 0) is 32.8 Å².